The van der Waals surface area contributed by atoms with Crippen molar-refractivity contribution in [3.8, 4) is 11.3 Å². The Labute approximate surface area is 168 Å². The van der Waals surface area contributed by atoms with Gasteiger partial charge in [0.1, 0.15) is 11.6 Å². The quantitative estimate of drug-likeness (QED) is 0.616. The summed E-state index contributed by atoms with van der Waals surface area (Å²) in [7, 11) is 0. The first kappa shape index (κ1) is 19.9. The Morgan fingerprint density at radius 2 is 1.93 bits per heavy atom. The van der Waals surface area contributed by atoms with Crippen LogP contribution in [0.5, 0.6) is 0 Å². The van der Waals surface area contributed by atoms with Crippen LogP contribution < -0.4 is 10.6 Å². The lowest BCUT2D eigenvalue weighted by molar-refractivity contribution is -0.116. The summed E-state index contributed by atoms with van der Waals surface area (Å²) >= 11 is 7.03. The van der Waals surface area contributed by atoms with Gasteiger partial charge in [-0.05, 0) is 30.3 Å². The van der Waals surface area contributed by atoms with E-state index in [1.54, 1.807) is 11.4 Å². The lowest BCUT2D eigenvalue weighted by atomic mass is 10.1. The standard InChI is InChI=1S/C19H14ClF2N3O2S/c1-10(26)23-11-5-6-12(16(22)7-11)17-9-28-19(24-17)25-18(27)8-13-14(20)3-2-4-15(13)21/h2-7,9H,8H2,1H3,(H,23,26)(H,24,25,27). The van der Waals surface area contributed by atoms with Crippen molar-refractivity contribution in [2.45, 2.75) is 13.3 Å². The van der Waals surface area contributed by atoms with Crippen LogP contribution in [0.2, 0.25) is 5.02 Å². The summed E-state index contributed by atoms with van der Waals surface area (Å²) < 4.78 is 28.1. The van der Waals surface area contributed by atoms with Crippen molar-refractivity contribution >= 4 is 45.6 Å². The Kier molecular flexibility index (Phi) is 6.01. The third-order valence-corrected chi connectivity index (χ3v) is 4.83. The molecule has 5 nitrogen and oxygen atoms in total. The molecule has 0 saturated heterocycles. The van der Waals surface area contributed by atoms with Crippen molar-refractivity contribution < 1.29 is 18.4 Å². The van der Waals surface area contributed by atoms with Gasteiger partial charge in [0.15, 0.2) is 5.13 Å². The van der Waals surface area contributed by atoms with Crippen LogP contribution >= 0.6 is 22.9 Å². The number of aromatic nitrogens is 1. The molecule has 0 fully saturated rings. The second kappa shape index (κ2) is 8.45. The predicted molar refractivity (Wildman–Crippen MR) is 106 cm³/mol. The molecule has 0 aliphatic rings. The molecule has 0 saturated carbocycles. The van der Waals surface area contributed by atoms with Gasteiger partial charge < -0.3 is 10.6 Å². The van der Waals surface area contributed by atoms with Gasteiger partial charge in [0.25, 0.3) is 0 Å². The first-order valence-electron chi connectivity index (χ1n) is 8.09. The molecule has 0 spiro atoms. The van der Waals surface area contributed by atoms with Crippen LogP contribution in [0, 0.1) is 11.6 Å². The van der Waals surface area contributed by atoms with Gasteiger partial charge in [-0.2, -0.15) is 0 Å². The number of anilines is 2. The van der Waals surface area contributed by atoms with Crippen molar-refractivity contribution in [2.75, 3.05) is 10.6 Å². The largest absolute Gasteiger partial charge is 0.326 e. The molecular weight excluding hydrogens is 408 g/mol. The van der Waals surface area contributed by atoms with Crippen LogP contribution in [0.25, 0.3) is 11.3 Å². The molecule has 9 heteroatoms. The van der Waals surface area contributed by atoms with Crippen molar-refractivity contribution in [1.29, 1.82) is 0 Å². The topological polar surface area (TPSA) is 71.1 Å². The molecule has 0 radical (unpaired) electrons. The molecule has 28 heavy (non-hydrogen) atoms. The predicted octanol–water partition coefficient (Wildman–Crippen LogP) is 4.88. The van der Waals surface area contributed by atoms with Gasteiger partial charge in [0.05, 0.1) is 12.1 Å². The van der Waals surface area contributed by atoms with Crippen molar-refractivity contribution in [3.05, 3.63) is 64.0 Å². The van der Waals surface area contributed by atoms with Crippen LogP contribution in [0.4, 0.5) is 19.6 Å². The fourth-order valence-electron chi connectivity index (χ4n) is 2.48. The maximum absolute atomic E-state index is 14.3. The summed E-state index contributed by atoms with van der Waals surface area (Å²) in [6, 6.07) is 8.41. The molecule has 2 aromatic carbocycles. The van der Waals surface area contributed by atoms with E-state index < -0.39 is 17.5 Å². The molecule has 0 atom stereocenters. The maximum atomic E-state index is 14.3. The fraction of sp³-hybridized carbons (Fsp3) is 0.105. The zero-order chi connectivity index (χ0) is 20.3. The highest BCUT2D eigenvalue weighted by atomic mass is 35.5. The molecular formula is C19H14ClF2N3O2S. The van der Waals surface area contributed by atoms with Gasteiger partial charge in [-0.1, -0.05) is 17.7 Å². The Morgan fingerprint density at radius 1 is 1.14 bits per heavy atom. The summed E-state index contributed by atoms with van der Waals surface area (Å²) in [5.41, 5.74) is 0.983. The van der Waals surface area contributed by atoms with E-state index in [0.717, 1.165) is 11.3 Å². The van der Waals surface area contributed by atoms with Crippen LogP contribution in [-0.4, -0.2) is 16.8 Å². The summed E-state index contributed by atoms with van der Waals surface area (Å²) in [6.45, 7) is 1.33. The smallest absolute Gasteiger partial charge is 0.230 e. The maximum Gasteiger partial charge on any atom is 0.230 e. The number of hydrogen-bond donors (Lipinski definition) is 2. The molecule has 1 aromatic heterocycles. The second-order valence-electron chi connectivity index (χ2n) is 5.84. The van der Waals surface area contributed by atoms with Gasteiger partial charge >= 0.3 is 0 Å². The lowest BCUT2D eigenvalue weighted by Gasteiger charge is -2.06. The SMILES string of the molecule is CC(=O)Nc1ccc(-c2csc(NC(=O)Cc3c(F)cccc3Cl)n2)c(F)c1. The molecule has 0 unspecified atom stereocenters. The van der Waals surface area contributed by atoms with Gasteiger partial charge in [-0.15, -0.1) is 11.3 Å². The third-order valence-electron chi connectivity index (χ3n) is 3.71. The van der Waals surface area contributed by atoms with E-state index in [0.29, 0.717) is 11.4 Å². The summed E-state index contributed by atoms with van der Waals surface area (Å²) in [5, 5.41) is 7.05. The number of nitrogens with zero attached hydrogens (tertiary/aromatic N) is 1. The number of nitrogens with one attached hydrogen (secondary N) is 2. The summed E-state index contributed by atoms with van der Waals surface area (Å²) in [5.74, 6) is -1.92. The number of thiazole rings is 1. The Bertz CT molecular complexity index is 1040. The Morgan fingerprint density at radius 3 is 2.61 bits per heavy atom. The molecule has 1 heterocycles. The number of halogens is 3. The van der Waals surface area contributed by atoms with E-state index in [4.69, 9.17) is 11.6 Å². The molecule has 144 valence electrons. The molecule has 2 N–H and O–H groups in total. The number of benzene rings is 2. The van der Waals surface area contributed by atoms with Crippen molar-refractivity contribution in [3.63, 3.8) is 0 Å². The van der Waals surface area contributed by atoms with Crippen LogP contribution in [0.3, 0.4) is 0 Å². The van der Waals surface area contributed by atoms with Crippen LogP contribution in [-0.2, 0) is 16.0 Å². The first-order valence-corrected chi connectivity index (χ1v) is 9.35. The minimum atomic E-state index is -0.566. The van der Waals surface area contributed by atoms with Crippen molar-refractivity contribution in [1.82, 2.24) is 4.98 Å². The zero-order valence-corrected chi connectivity index (χ0v) is 16.1. The average molecular weight is 422 g/mol. The van der Waals surface area contributed by atoms with Crippen molar-refractivity contribution in [2.24, 2.45) is 0 Å². The minimum absolute atomic E-state index is 0.0954. The van der Waals surface area contributed by atoms with Crippen LogP contribution in [0.15, 0.2) is 41.8 Å². The minimum Gasteiger partial charge on any atom is -0.326 e. The summed E-state index contributed by atoms with van der Waals surface area (Å²) in [4.78, 5) is 27.4. The number of carbonyl (C=O) groups is 2. The number of carbonyl (C=O) groups excluding carboxylic acids is 2. The molecule has 3 rings (SSSR count). The molecule has 0 aliphatic carbocycles. The van der Waals surface area contributed by atoms with E-state index in [-0.39, 0.29) is 33.6 Å². The summed E-state index contributed by atoms with van der Waals surface area (Å²) in [6.07, 6.45) is -0.250. The first-order chi connectivity index (χ1) is 13.3. The highest BCUT2D eigenvalue weighted by molar-refractivity contribution is 7.14. The van der Waals surface area contributed by atoms with E-state index in [1.807, 2.05) is 0 Å². The van der Waals surface area contributed by atoms with Gasteiger partial charge in [-0.3, -0.25) is 9.59 Å². The van der Waals surface area contributed by atoms with E-state index in [2.05, 4.69) is 15.6 Å². The zero-order valence-electron chi connectivity index (χ0n) is 14.6. The lowest BCUT2D eigenvalue weighted by Crippen LogP contribution is -2.15. The number of hydrogen-bond acceptors (Lipinski definition) is 4. The van der Waals surface area contributed by atoms with E-state index in [1.165, 1.54) is 37.3 Å². The van der Waals surface area contributed by atoms with Gasteiger partial charge in [-0.25, -0.2) is 13.8 Å². The number of amides is 2. The fourth-order valence-corrected chi connectivity index (χ4v) is 3.44. The van der Waals surface area contributed by atoms with Crippen LogP contribution in [0.1, 0.15) is 12.5 Å². The third kappa shape index (κ3) is 4.71. The van der Waals surface area contributed by atoms with E-state index >= 15 is 0 Å². The van der Waals surface area contributed by atoms with E-state index in [9.17, 15) is 18.4 Å². The highest BCUT2D eigenvalue weighted by Crippen LogP contribution is 2.29. The van der Waals surface area contributed by atoms with Gasteiger partial charge in [0, 0.05) is 34.1 Å². The average Bonchev–Trinajstić information content (AvgIpc) is 3.06. The molecule has 3 aromatic rings. The Balaban J connectivity index is 1.72. The normalized spacial score (nSPS) is 10.6. The molecule has 0 aliphatic heterocycles. The number of rotatable bonds is 5. The molecule has 2 amide bonds. The van der Waals surface area contributed by atoms with Gasteiger partial charge in [0.2, 0.25) is 11.8 Å². The Hall–Kier alpha value is -2.84. The highest BCUT2D eigenvalue weighted by Gasteiger charge is 2.15. The molecule has 0 bridgehead atoms. The monoisotopic (exact) mass is 421 g/mol. The second-order valence-corrected chi connectivity index (χ2v) is 7.10.